The number of piperidine rings is 2. The first-order chi connectivity index (χ1) is 12.8. The lowest BCUT2D eigenvalue weighted by atomic mass is 9.86. The highest BCUT2D eigenvalue weighted by Gasteiger charge is 2.34. The third kappa shape index (κ3) is 3.32. The summed E-state index contributed by atoms with van der Waals surface area (Å²) in [4.78, 5) is 14.6. The molecule has 5 rings (SSSR count). The largest absolute Gasteiger partial charge is 0.448 e. The Bertz CT molecular complexity index is 783. The van der Waals surface area contributed by atoms with Gasteiger partial charge in [-0.3, -0.25) is 0 Å². The summed E-state index contributed by atoms with van der Waals surface area (Å²) in [6.07, 6.45) is 1.09. The first kappa shape index (κ1) is 18.3. The van der Waals surface area contributed by atoms with Crippen molar-refractivity contribution in [3.05, 3.63) is 59.7 Å². The fourth-order valence-corrected chi connectivity index (χ4v) is 4.94. The molecular weight excluding hydrogens is 360 g/mol. The number of likely N-dealkylation sites (tertiary alicyclic amines) is 1. The Kier molecular flexibility index (Phi) is 5.11. The molecule has 3 aliphatic rings. The molecule has 2 atom stereocenters. The van der Waals surface area contributed by atoms with E-state index in [0.717, 1.165) is 26.2 Å². The summed E-state index contributed by atoms with van der Waals surface area (Å²) in [6.45, 7) is 4.09. The molecule has 2 aliphatic heterocycles. The molecule has 4 nitrogen and oxygen atoms in total. The molecule has 2 aromatic carbocycles. The molecular formula is C22H25ClN2O2. The van der Waals surface area contributed by atoms with Crippen LogP contribution < -0.4 is 5.32 Å². The van der Waals surface area contributed by atoms with Gasteiger partial charge in [-0.25, -0.2) is 4.79 Å². The Morgan fingerprint density at radius 1 is 0.963 bits per heavy atom. The molecule has 0 spiro atoms. The van der Waals surface area contributed by atoms with Gasteiger partial charge in [0.1, 0.15) is 6.61 Å². The zero-order valence-electron chi connectivity index (χ0n) is 15.3. The highest BCUT2D eigenvalue weighted by molar-refractivity contribution is 5.85. The first-order valence-electron chi connectivity index (χ1n) is 9.60. The maximum atomic E-state index is 12.7. The van der Waals surface area contributed by atoms with E-state index in [9.17, 15) is 4.79 Å². The van der Waals surface area contributed by atoms with Crippen molar-refractivity contribution < 1.29 is 9.53 Å². The molecule has 5 heteroatoms. The van der Waals surface area contributed by atoms with Crippen molar-refractivity contribution in [3.63, 3.8) is 0 Å². The molecule has 142 valence electrons. The van der Waals surface area contributed by atoms with Crippen molar-refractivity contribution in [2.75, 3.05) is 32.8 Å². The molecule has 27 heavy (non-hydrogen) atoms. The fraction of sp³-hybridized carbons (Fsp3) is 0.409. The number of carbonyl (C=O) groups excluding carboxylic acids is 1. The topological polar surface area (TPSA) is 41.6 Å². The third-order valence-corrected chi connectivity index (χ3v) is 6.08. The monoisotopic (exact) mass is 384 g/mol. The van der Waals surface area contributed by atoms with Crippen LogP contribution in [0.25, 0.3) is 11.1 Å². The zero-order chi connectivity index (χ0) is 17.5. The van der Waals surface area contributed by atoms with Crippen molar-refractivity contribution in [3.8, 4) is 11.1 Å². The van der Waals surface area contributed by atoms with E-state index in [1.165, 1.54) is 28.7 Å². The van der Waals surface area contributed by atoms with Crippen molar-refractivity contribution >= 4 is 18.5 Å². The number of halogens is 1. The quantitative estimate of drug-likeness (QED) is 0.853. The van der Waals surface area contributed by atoms with Gasteiger partial charge in [-0.2, -0.15) is 0 Å². The van der Waals surface area contributed by atoms with E-state index in [1.54, 1.807) is 0 Å². The van der Waals surface area contributed by atoms with E-state index in [2.05, 4.69) is 53.8 Å². The second-order valence-corrected chi connectivity index (χ2v) is 7.83. The number of nitrogens with zero attached hydrogens (tertiary/aromatic N) is 1. The predicted molar refractivity (Wildman–Crippen MR) is 108 cm³/mol. The smallest absolute Gasteiger partial charge is 0.409 e. The first-order valence-corrected chi connectivity index (χ1v) is 9.60. The van der Waals surface area contributed by atoms with E-state index in [0.29, 0.717) is 18.4 Å². The normalized spacial score (nSPS) is 23.2. The molecule has 2 aromatic rings. The number of rotatable bonds is 2. The van der Waals surface area contributed by atoms with Gasteiger partial charge in [0.25, 0.3) is 0 Å². The van der Waals surface area contributed by atoms with Crippen LogP contribution in [0.4, 0.5) is 4.79 Å². The minimum absolute atomic E-state index is 0. The van der Waals surface area contributed by atoms with Crippen molar-refractivity contribution in [1.29, 1.82) is 0 Å². The summed E-state index contributed by atoms with van der Waals surface area (Å²) in [6, 6.07) is 16.9. The molecule has 1 amide bonds. The molecule has 2 unspecified atom stereocenters. The lowest BCUT2D eigenvalue weighted by molar-refractivity contribution is 0.0577. The summed E-state index contributed by atoms with van der Waals surface area (Å²) in [5.74, 6) is 1.28. The van der Waals surface area contributed by atoms with Crippen LogP contribution in [0.3, 0.4) is 0 Å². The van der Waals surface area contributed by atoms with E-state index >= 15 is 0 Å². The van der Waals surface area contributed by atoms with Gasteiger partial charge in [-0.1, -0.05) is 48.5 Å². The predicted octanol–water partition coefficient (Wildman–Crippen LogP) is 3.90. The lowest BCUT2D eigenvalue weighted by Crippen LogP contribution is -2.52. The number of hydrogen-bond acceptors (Lipinski definition) is 3. The average molecular weight is 385 g/mol. The van der Waals surface area contributed by atoms with Crippen LogP contribution in [0.1, 0.15) is 23.5 Å². The van der Waals surface area contributed by atoms with Crippen molar-refractivity contribution in [2.45, 2.75) is 12.3 Å². The maximum Gasteiger partial charge on any atom is 0.409 e. The Hall–Kier alpha value is -2.04. The summed E-state index contributed by atoms with van der Waals surface area (Å²) in [5.41, 5.74) is 5.06. The van der Waals surface area contributed by atoms with Crippen LogP contribution in [0, 0.1) is 11.8 Å². The molecule has 0 aromatic heterocycles. The maximum absolute atomic E-state index is 12.7. The van der Waals surface area contributed by atoms with E-state index in [4.69, 9.17) is 4.74 Å². The molecule has 1 N–H and O–H groups in total. The molecule has 0 saturated carbocycles. The lowest BCUT2D eigenvalue weighted by Gasteiger charge is -2.41. The van der Waals surface area contributed by atoms with Gasteiger partial charge in [-0.05, 0) is 53.6 Å². The van der Waals surface area contributed by atoms with Crippen LogP contribution in [-0.4, -0.2) is 43.8 Å². The number of ether oxygens (including phenoxy) is 1. The number of hydrogen-bond donors (Lipinski definition) is 1. The Morgan fingerprint density at radius 3 is 2.11 bits per heavy atom. The highest BCUT2D eigenvalue weighted by Crippen LogP contribution is 2.44. The summed E-state index contributed by atoms with van der Waals surface area (Å²) >= 11 is 0. The third-order valence-electron chi connectivity index (χ3n) is 6.08. The van der Waals surface area contributed by atoms with Crippen LogP contribution in [-0.2, 0) is 4.74 Å². The number of carbonyl (C=O) groups is 1. The Balaban J connectivity index is 0.00000180. The number of nitrogens with one attached hydrogen (secondary N) is 1. The van der Waals surface area contributed by atoms with Crippen LogP contribution >= 0.6 is 12.4 Å². The van der Waals surface area contributed by atoms with Crippen molar-refractivity contribution in [1.82, 2.24) is 10.2 Å². The number of benzene rings is 2. The summed E-state index contributed by atoms with van der Waals surface area (Å²) < 4.78 is 5.81. The van der Waals surface area contributed by atoms with Crippen LogP contribution in [0.15, 0.2) is 48.5 Å². The SMILES string of the molecule is Cl.O=C(OCC1c2ccccc2-c2ccccc21)N1CC2CNCC(C2)C1. The summed E-state index contributed by atoms with van der Waals surface area (Å²) in [7, 11) is 0. The average Bonchev–Trinajstić information content (AvgIpc) is 3.00. The van der Waals surface area contributed by atoms with Gasteiger partial charge in [-0.15, -0.1) is 12.4 Å². The molecule has 1 aliphatic carbocycles. The standard InChI is InChI=1S/C22H24N2O2.ClH/c25-22(24-12-15-9-16(13-24)11-23-10-15)26-14-21-19-7-3-1-5-17(19)18-6-2-4-8-20(18)21;/h1-8,15-16,21,23H,9-14H2;1H. The van der Waals surface area contributed by atoms with Gasteiger partial charge in [0.15, 0.2) is 0 Å². The Labute approximate surface area is 166 Å². The van der Waals surface area contributed by atoms with Gasteiger partial charge < -0.3 is 15.0 Å². The zero-order valence-corrected chi connectivity index (χ0v) is 16.1. The van der Waals surface area contributed by atoms with E-state index in [-0.39, 0.29) is 24.4 Å². The minimum atomic E-state index is -0.150. The fourth-order valence-electron chi connectivity index (χ4n) is 4.94. The van der Waals surface area contributed by atoms with Gasteiger partial charge in [0.2, 0.25) is 0 Å². The Morgan fingerprint density at radius 2 is 1.52 bits per heavy atom. The molecule has 2 heterocycles. The molecule has 2 bridgehead atoms. The number of amides is 1. The molecule has 0 radical (unpaired) electrons. The molecule has 2 fully saturated rings. The van der Waals surface area contributed by atoms with E-state index in [1.807, 2.05) is 4.90 Å². The van der Waals surface area contributed by atoms with Crippen molar-refractivity contribution in [2.24, 2.45) is 11.8 Å². The molecule has 2 saturated heterocycles. The van der Waals surface area contributed by atoms with Gasteiger partial charge in [0.05, 0.1) is 0 Å². The second-order valence-electron chi connectivity index (χ2n) is 7.83. The van der Waals surface area contributed by atoms with Gasteiger partial charge >= 0.3 is 6.09 Å². The minimum Gasteiger partial charge on any atom is -0.448 e. The van der Waals surface area contributed by atoms with Crippen LogP contribution in [0.2, 0.25) is 0 Å². The number of fused-ring (bicyclic) bond motifs is 5. The van der Waals surface area contributed by atoms with Gasteiger partial charge in [0, 0.05) is 19.0 Å². The second kappa shape index (κ2) is 7.53. The summed E-state index contributed by atoms with van der Waals surface area (Å²) in [5, 5.41) is 3.47. The highest BCUT2D eigenvalue weighted by atomic mass is 35.5. The van der Waals surface area contributed by atoms with Crippen LogP contribution in [0.5, 0.6) is 0 Å². The van der Waals surface area contributed by atoms with E-state index < -0.39 is 0 Å².